The van der Waals surface area contributed by atoms with Crippen molar-refractivity contribution in [3.63, 3.8) is 0 Å². The van der Waals surface area contributed by atoms with Gasteiger partial charge in [0.1, 0.15) is 0 Å². The number of hydrogen-bond acceptors (Lipinski definition) is 4. The van der Waals surface area contributed by atoms with Gasteiger partial charge in [0.15, 0.2) is 5.78 Å². The van der Waals surface area contributed by atoms with Crippen molar-refractivity contribution in [3.8, 4) is 0 Å². The van der Waals surface area contributed by atoms with Crippen LogP contribution in [0, 0.1) is 0 Å². The average molecular weight is 370 g/mol. The molecule has 0 aliphatic carbocycles. The van der Waals surface area contributed by atoms with Gasteiger partial charge in [-0.3, -0.25) is 9.69 Å². The number of morpholine rings is 1. The summed E-state index contributed by atoms with van der Waals surface area (Å²) in [5, 5.41) is 0. The minimum Gasteiger partial charge on any atom is -0.379 e. The Bertz CT molecular complexity index is 711. The number of thioether (sulfide) groups is 1. The summed E-state index contributed by atoms with van der Waals surface area (Å²) >= 11 is 1.69. The van der Waals surface area contributed by atoms with Crippen LogP contribution in [0.5, 0.6) is 0 Å². The summed E-state index contributed by atoms with van der Waals surface area (Å²) in [4.78, 5) is 17.2. The fourth-order valence-electron chi connectivity index (χ4n) is 3.78. The lowest BCUT2D eigenvalue weighted by atomic mass is 9.79. The van der Waals surface area contributed by atoms with Crippen LogP contribution >= 0.6 is 11.8 Å². The Morgan fingerprint density at radius 3 is 2.31 bits per heavy atom. The van der Waals surface area contributed by atoms with Crippen molar-refractivity contribution in [1.82, 2.24) is 4.90 Å². The summed E-state index contributed by atoms with van der Waals surface area (Å²) in [7, 11) is 0. The number of hydrogen-bond donors (Lipinski definition) is 0. The Balaban J connectivity index is 1.98. The molecule has 1 aliphatic rings. The molecule has 2 aromatic rings. The minimum absolute atomic E-state index is 0.221. The highest BCUT2D eigenvalue weighted by Crippen LogP contribution is 2.31. The van der Waals surface area contributed by atoms with Gasteiger partial charge in [-0.25, -0.2) is 0 Å². The number of benzene rings is 2. The third-order valence-corrected chi connectivity index (χ3v) is 6.06. The van der Waals surface area contributed by atoms with Crippen molar-refractivity contribution in [2.75, 3.05) is 32.6 Å². The second-order valence-corrected chi connectivity index (χ2v) is 7.58. The number of ether oxygens (including phenoxy) is 1. The number of rotatable bonds is 7. The second-order valence-electron chi connectivity index (χ2n) is 6.70. The first-order chi connectivity index (χ1) is 12.7. The minimum atomic E-state index is -0.522. The summed E-state index contributed by atoms with van der Waals surface area (Å²) in [6.45, 7) is 5.11. The molecular formula is C22H27NO2S. The van der Waals surface area contributed by atoms with Crippen molar-refractivity contribution >= 4 is 17.5 Å². The van der Waals surface area contributed by atoms with Crippen LogP contribution in [0.2, 0.25) is 0 Å². The zero-order valence-electron chi connectivity index (χ0n) is 15.6. The number of carbonyl (C=O) groups is 1. The fourth-order valence-corrected chi connectivity index (χ4v) is 4.19. The molecule has 1 aliphatic heterocycles. The van der Waals surface area contributed by atoms with E-state index in [0.717, 1.165) is 31.5 Å². The van der Waals surface area contributed by atoms with Gasteiger partial charge in [0.2, 0.25) is 0 Å². The molecule has 0 N–H and O–H groups in total. The number of carbonyl (C=O) groups excluding carboxylic acids is 1. The van der Waals surface area contributed by atoms with Crippen molar-refractivity contribution in [2.45, 2.75) is 30.2 Å². The Hall–Kier alpha value is -1.62. The maximum absolute atomic E-state index is 13.7. The van der Waals surface area contributed by atoms with Crippen LogP contribution < -0.4 is 0 Å². The predicted octanol–water partition coefficient (Wildman–Crippen LogP) is 4.31. The van der Waals surface area contributed by atoms with Crippen LogP contribution in [0.25, 0.3) is 0 Å². The molecule has 0 radical (unpaired) electrons. The van der Waals surface area contributed by atoms with Gasteiger partial charge >= 0.3 is 0 Å². The molecule has 3 rings (SSSR count). The normalized spacial score (nSPS) is 17.6. The van der Waals surface area contributed by atoms with Gasteiger partial charge in [0.25, 0.3) is 0 Å². The van der Waals surface area contributed by atoms with E-state index in [1.54, 1.807) is 11.8 Å². The van der Waals surface area contributed by atoms with Gasteiger partial charge in [0.05, 0.1) is 18.8 Å². The molecule has 0 amide bonds. The van der Waals surface area contributed by atoms with E-state index in [1.807, 2.05) is 42.5 Å². The van der Waals surface area contributed by atoms with Crippen molar-refractivity contribution in [2.24, 2.45) is 0 Å². The lowest BCUT2D eigenvalue weighted by Crippen LogP contribution is -2.59. The largest absolute Gasteiger partial charge is 0.379 e. The van der Waals surface area contributed by atoms with Crippen LogP contribution in [0.15, 0.2) is 59.5 Å². The maximum Gasteiger partial charge on any atom is 0.183 e. The smallest absolute Gasteiger partial charge is 0.183 e. The van der Waals surface area contributed by atoms with E-state index in [4.69, 9.17) is 4.74 Å². The predicted molar refractivity (Wildman–Crippen MR) is 108 cm³/mol. The Kier molecular flexibility index (Phi) is 6.52. The third kappa shape index (κ3) is 4.03. The van der Waals surface area contributed by atoms with Crippen LogP contribution in [0.4, 0.5) is 0 Å². The molecule has 1 unspecified atom stereocenters. The molecule has 1 heterocycles. The van der Waals surface area contributed by atoms with Gasteiger partial charge in [-0.2, -0.15) is 0 Å². The van der Waals surface area contributed by atoms with E-state index in [0.29, 0.717) is 13.2 Å². The standard InChI is InChI=1S/C22H27NO2S/c1-3-22(23-13-15-25-16-14-23,17-18-7-5-4-6-8-18)21(24)19-9-11-20(26-2)12-10-19/h4-12H,3,13-17H2,1-2H3. The number of nitrogens with zero attached hydrogens (tertiary/aromatic N) is 1. The molecule has 3 nitrogen and oxygen atoms in total. The second kappa shape index (κ2) is 8.85. The first-order valence-corrected chi connectivity index (χ1v) is 10.5. The maximum atomic E-state index is 13.7. The quantitative estimate of drug-likeness (QED) is 0.537. The van der Waals surface area contributed by atoms with Gasteiger partial charge in [-0.1, -0.05) is 49.4 Å². The van der Waals surface area contributed by atoms with Gasteiger partial charge in [0, 0.05) is 23.5 Å². The lowest BCUT2D eigenvalue weighted by molar-refractivity contribution is -0.0163. The SMILES string of the molecule is CCC(Cc1ccccc1)(C(=O)c1ccc(SC)cc1)N1CCOCC1. The van der Waals surface area contributed by atoms with E-state index in [2.05, 4.69) is 30.2 Å². The average Bonchev–Trinajstić information content (AvgIpc) is 2.73. The first-order valence-electron chi connectivity index (χ1n) is 9.25. The molecule has 1 saturated heterocycles. The van der Waals surface area contributed by atoms with E-state index in [1.165, 1.54) is 10.5 Å². The molecule has 4 heteroatoms. The van der Waals surface area contributed by atoms with Gasteiger partial charge in [-0.05, 0) is 36.8 Å². The highest BCUT2D eigenvalue weighted by molar-refractivity contribution is 7.98. The molecular weight excluding hydrogens is 342 g/mol. The summed E-state index contributed by atoms with van der Waals surface area (Å²) in [5.41, 5.74) is 1.48. The molecule has 138 valence electrons. The Morgan fingerprint density at radius 2 is 1.73 bits per heavy atom. The highest BCUT2D eigenvalue weighted by atomic mass is 32.2. The summed E-state index contributed by atoms with van der Waals surface area (Å²) in [6, 6.07) is 18.4. The zero-order chi connectivity index (χ0) is 18.4. The molecule has 1 fully saturated rings. The fraction of sp³-hybridized carbons (Fsp3) is 0.409. The van der Waals surface area contributed by atoms with Crippen LogP contribution in [0.3, 0.4) is 0 Å². The molecule has 0 saturated carbocycles. The summed E-state index contributed by atoms with van der Waals surface area (Å²) in [6.07, 6.45) is 3.56. The molecule has 26 heavy (non-hydrogen) atoms. The number of Topliss-reactive ketones (excluding diaryl/α,β-unsaturated/α-hetero) is 1. The van der Waals surface area contributed by atoms with Gasteiger partial charge < -0.3 is 4.74 Å². The molecule has 0 spiro atoms. The summed E-state index contributed by atoms with van der Waals surface area (Å²) < 4.78 is 5.55. The van der Waals surface area contributed by atoms with Crippen LogP contribution in [-0.4, -0.2) is 48.8 Å². The van der Waals surface area contributed by atoms with Crippen molar-refractivity contribution in [3.05, 3.63) is 65.7 Å². The van der Waals surface area contributed by atoms with Crippen LogP contribution in [0.1, 0.15) is 29.3 Å². The van der Waals surface area contributed by atoms with E-state index in [9.17, 15) is 4.79 Å². The molecule has 0 aromatic heterocycles. The van der Waals surface area contributed by atoms with E-state index < -0.39 is 5.54 Å². The van der Waals surface area contributed by atoms with Crippen molar-refractivity contribution in [1.29, 1.82) is 0 Å². The molecule has 1 atom stereocenters. The number of ketones is 1. The first kappa shape index (κ1) is 19.2. The Labute approximate surface area is 160 Å². The summed E-state index contributed by atoms with van der Waals surface area (Å²) in [5.74, 6) is 0.221. The van der Waals surface area contributed by atoms with E-state index in [-0.39, 0.29) is 5.78 Å². The van der Waals surface area contributed by atoms with Crippen molar-refractivity contribution < 1.29 is 9.53 Å². The highest BCUT2D eigenvalue weighted by Gasteiger charge is 2.43. The zero-order valence-corrected chi connectivity index (χ0v) is 16.4. The van der Waals surface area contributed by atoms with Gasteiger partial charge in [-0.15, -0.1) is 11.8 Å². The van der Waals surface area contributed by atoms with E-state index >= 15 is 0 Å². The molecule has 0 bridgehead atoms. The topological polar surface area (TPSA) is 29.5 Å². The van der Waals surface area contributed by atoms with Crippen LogP contribution in [-0.2, 0) is 11.2 Å². The molecule has 2 aromatic carbocycles. The Morgan fingerprint density at radius 1 is 1.08 bits per heavy atom. The monoisotopic (exact) mass is 369 g/mol. The third-order valence-electron chi connectivity index (χ3n) is 5.32. The lowest BCUT2D eigenvalue weighted by Gasteiger charge is -2.44.